The van der Waals surface area contributed by atoms with Gasteiger partial charge >= 0.3 is 17.1 Å². The molecule has 0 fully saturated rings. The van der Waals surface area contributed by atoms with Crippen molar-refractivity contribution in [1.82, 2.24) is 0 Å². The molecule has 0 aliphatic carbocycles. The predicted octanol–water partition coefficient (Wildman–Crippen LogP) is 2.14. The van der Waals surface area contributed by atoms with Gasteiger partial charge in [0.05, 0.1) is 0 Å². The van der Waals surface area contributed by atoms with E-state index in [1.54, 1.807) is 0 Å². The van der Waals surface area contributed by atoms with E-state index in [1.807, 2.05) is 0 Å². The summed E-state index contributed by atoms with van der Waals surface area (Å²) in [6, 6.07) is 0. The summed E-state index contributed by atoms with van der Waals surface area (Å²) in [5.41, 5.74) is 0. The van der Waals surface area contributed by atoms with Crippen molar-refractivity contribution in [1.29, 1.82) is 0 Å². The summed E-state index contributed by atoms with van der Waals surface area (Å²) in [4.78, 5) is 11.0. The Kier molecular flexibility index (Phi) is 354. The summed E-state index contributed by atoms with van der Waals surface area (Å²) in [6.45, 7) is 23.3. The molecule has 0 aliphatic heterocycles. The Bertz CT molecular complexity index is 150. The maximum atomic E-state index is 5.83. The van der Waals surface area contributed by atoms with E-state index >= 15 is 0 Å². The van der Waals surface area contributed by atoms with Crippen molar-refractivity contribution in [3.05, 3.63) is 45.7 Å². The van der Waals surface area contributed by atoms with Crippen molar-refractivity contribution in [2.75, 3.05) is 28.2 Å². The summed E-state index contributed by atoms with van der Waals surface area (Å²) in [5, 5.41) is 0. The minimum atomic E-state index is 0. The fraction of sp³-hybridized carbons (Fsp3) is 0.500. The Morgan fingerprint density at radius 3 is 0.538 bits per heavy atom. The standard InChI is InChI=1S/4C2H3N.Cu/c4*1-3-2;/h4*1H3;/q;;;;+1. The Morgan fingerprint density at radius 1 is 0.538 bits per heavy atom. The van der Waals surface area contributed by atoms with Crippen LogP contribution in [0.3, 0.4) is 0 Å². The Morgan fingerprint density at radius 2 is 0.538 bits per heavy atom. The molecule has 5 heteroatoms. The number of hydrogen-bond donors (Lipinski definition) is 0. The Labute approximate surface area is 91.3 Å². The van der Waals surface area contributed by atoms with E-state index in [-0.39, 0.29) is 17.1 Å². The van der Waals surface area contributed by atoms with Gasteiger partial charge in [-0.3, -0.25) is 0 Å². The average molecular weight is 228 g/mol. The molecule has 0 aromatic rings. The van der Waals surface area contributed by atoms with Gasteiger partial charge in [0.1, 0.15) is 0 Å². The van der Waals surface area contributed by atoms with Crippen molar-refractivity contribution in [3.8, 4) is 0 Å². The third-order valence-electron chi connectivity index (χ3n) is 0. The van der Waals surface area contributed by atoms with Crippen LogP contribution in [0, 0.1) is 26.3 Å². The largest absolute Gasteiger partial charge is 1.00 e. The first-order valence-corrected chi connectivity index (χ1v) is 2.68. The molecular weight excluding hydrogens is 216 g/mol. The SMILES string of the molecule is [C-]#[N+]C.[C-]#[N+]C.[C-]#[N+]C.[C-]#[N+]C.[Cu+]. The van der Waals surface area contributed by atoms with E-state index in [2.05, 4.69) is 19.4 Å². The molecule has 74 valence electrons. The quantitative estimate of drug-likeness (QED) is 0.446. The molecule has 0 bridgehead atoms. The van der Waals surface area contributed by atoms with E-state index in [0.717, 1.165) is 0 Å². The molecule has 0 heterocycles. The van der Waals surface area contributed by atoms with Crippen LogP contribution in [0.5, 0.6) is 0 Å². The maximum Gasteiger partial charge on any atom is 1.00 e. The fourth-order valence-corrected chi connectivity index (χ4v) is 0. The van der Waals surface area contributed by atoms with E-state index in [9.17, 15) is 0 Å². The van der Waals surface area contributed by atoms with E-state index in [1.165, 1.54) is 28.2 Å². The van der Waals surface area contributed by atoms with Crippen LogP contribution in [0.15, 0.2) is 0 Å². The minimum Gasteiger partial charge on any atom is -0.320 e. The zero-order valence-corrected chi connectivity index (χ0v) is 9.03. The van der Waals surface area contributed by atoms with Gasteiger partial charge in [-0.05, 0) is 0 Å². The third kappa shape index (κ3) is 326. The van der Waals surface area contributed by atoms with E-state index in [4.69, 9.17) is 26.3 Å². The molecule has 0 spiro atoms. The van der Waals surface area contributed by atoms with Crippen LogP contribution >= 0.6 is 0 Å². The molecule has 0 saturated heterocycles. The molecule has 13 heavy (non-hydrogen) atoms. The normalized spacial score (nSPS) is 2.46. The van der Waals surface area contributed by atoms with Gasteiger partial charge in [-0.25, -0.2) is 26.3 Å². The van der Waals surface area contributed by atoms with Gasteiger partial charge in [0.25, 0.3) is 0 Å². The van der Waals surface area contributed by atoms with Gasteiger partial charge in [0, 0.05) is 0 Å². The van der Waals surface area contributed by atoms with Crippen LogP contribution < -0.4 is 0 Å². The van der Waals surface area contributed by atoms with Crippen LogP contribution in [0.25, 0.3) is 19.4 Å². The molecule has 0 rings (SSSR count). The second kappa shape index (κ2) is 153. The predicted molar refractivity (Wildman–Crippen MR) is 50.1 cm³/mol. The number of hydrogen-bond acceptors (Lipinski definition) is 0. The van der Waals surface area contributed by atoms with Crippen LogP contribution in [-0.2, 0) is 17.1 Å². The Balaban J connectivity index is -0.0000000213. The van der Waals surface area contributed by atoms with Gasteiger partial charge in [-0.1, -0.05) is 0 Å². The third-order valence-corrected chi connectivity index (χ3v) is 0. The zero-order chi connectivity index (χ0) is 10.8. The fourth-order valence-electron chi connectivity index (χ4n) is 0. The molecule has 0 atom stereocenters. The van der Waals surface area contributed by atoms with Crippen molar-refractivity contribution in [3.63, 3.8) is 0 Å². The average Bonchev–Trinajstić information content (AvgIpc) is 1.92. The molecule has 4 nitrogen and oxygen atoms in total. The van der Waals surface area contributed by atoms with Gasteiger partial charge in [0.2, 0.25) is 28.2 Å². The molecular formula is C8H12CuN4+. The molecule has 0 amide bonds. The molecule has 0 N–H and O–H groups in total. The van der Waals surface area contributed by atoms with Crippen molar-refractivity contribution < 1.29 is 17.1 Å². The molecule has 0 saturated carbocycles. The molecule has 0 aliphatic rings. The number of rotatable bonds is 0. The van der Waals surface area contributed by atoms with Gasteiger partial charge in [0.15, 0.2) is 0 Å². The summed E-state index contributed by atoms with van der Waals surface area (Å²) in [7, 11) is 5.67. The second-order valence-electron chi connectivity index (χ2n) is 0.894. The molecule has 0 unspecified atom stereocenters. The second-order valence-corrected chi connectivity index (χ2v) is 0.894. The monoisotopic (exact) mass is 227 g/mol. The smallest absolute Gasteiger partial charge is 0.320 e. The minimum absolute atomic E-state index is 0. The first-order valence-electron chi connectivity index (χ1n) is 2.68. The van der Waals surface area contributed by atoms with Crippen LogP contribution in [0.4, 0.5) is 0 Å². The first-order chi connectivity index (χ1) is 5.66. The molecule has 0 aromatic heterocycles. The molecule has 0 aromatic carbocycles. The van der Waals surface area contributed by atoms with Crippen molar-refractivity contribution >= 4 is 0 Å². The summed E-state index contributed by atoms with van der Waals surface area (Å²) in [6.07, 6.45) is 0. The van der Waals surface area contributed by atoms with E-state index < -0.39 is 0 Å². The zero-order valence-electron chi connectivity index (χ0n) is 8.09. The molecule has 0 radical (unpaired) electrons. The first kappa shape index (κ1) is 30.0. The van der Waals surface area contributed by atoms with Crippen molar-refractivity contribution in [2.45, 2.75) is 0 Å². The topological polar surface area (TPSA) is 17.4 Å². The van der Waals surface area contributed by atoms with E-state index in [0.29, 0.717) is 0 Å². The number of nitrogens with zero attached hydrogens (tertiary/aromatic N) is 4. The summed E-state index contributed by atoms with van der Waals surface area (Å²) in [5.74, 6) is 0. The van der Waals surface area contributed by atoms with Gasteiger partial charge in [-0.15, -0.1) is 0 Å². The maximum absolute atomic E-state index is 5.83. The van der Waals surface area contributed by atoms with Crippen LogP contribution in [-0.4, -0.2) is 28.2 Å². The van der Waals surface area contributed by atoms with Crippen LogP contribution in [0.1, 0.15) is 0 Å². The van der Waals surface area contributed by atoms with Gasteiger partial charge in [-0.2, -0.15) is 0 Å². The summed E-state index contributed by atoms with van der Waals surface area (Å²) < 4.78 is 0. The van der Waals surface area contributed by atoms with Crippen LogP contribution in [0.2, 0.25) is 0 Å². The summed E-state index contributed by atoms with van der Waals surface area (Å²) >= 11 is 0. The Hall–Kier alpha value is -1.52. The van der Waals surface area contributed by atoms with Crippen molar-refractivity contribution in [2.24, 2.45) is 0 Å². The van der Waals surface area contributed by atoms with Gasteiger partial charge < -0.3 is 19.4 Å².